The summed E-state index contributed by atoms with van der Waals surface area (Å²) < 4.78 is 2.00. The highest BCUT2D eigenvalue weighted by atomic mass is 16.2. The van der Waals surface area contributed by atoms with Gasteiger partial charge in [0, 0.05) is 24.6 Å². The summed E-state index contributed by atoms with van der Waals surface area (Å²) in [5.41, 5.74) is 2.75. The second kappa shape index (κ2) is 7.08. The van der Waals surface area contributed by atoms with Crippen LogP contribution in [0.2, 0.25) is 0 Å². The molecular formula is C22H26N4O2. The van der Waals surface area contributed by atoms with Gasteiger partial charge in [-0.3, -0.25) is 14.0 Å². The molecule has 146 valence electrons. The van der Waals surface area contributed by atoms with Crippen LogP contribution in [0, 0.1) is 0 Å². The number of rotatable bonds is 2. The molecule has 0 spiro atoms. The summed E-state index contributed by atoms with van der Waals surface area (Å²) in [6.07, 6.45) is 10.9. The maximum absolute atomic E-state index is 13.0. The smallest absolute Gasteiger partial charge is 0.274 e. The van der Waals surface area contributed by atoms with Gasteiger partial charge in [-0.2, -0.15) is 0 Å². The van der Waals surface area contributed by atoms with E-state index in [0.29, 0.717) is 17.0 Å². The SMILES string of the molecule is O=C(c1ccc2[nH]c(=O)c3cnc(C4CCCCC4)n3c2c1)N1CCCCC1. The Morgan fingerprint density at radius 2 is 1.75 bits per heavy atom. The van der Waals surface area contributed by atoms with E-state index < -0.39 is 0 Å². The number of nitrogens with zero attached hydrogens (tertiary/aromatic N) is 3. The third-order valence-corrected chi connectivity index (χ3v) is 6.37. The lowest BCUT2D eigenvalue weighted by atomic mass is 9.88. The van der Waals surface area contributed by atoms with Gasteiger partial charge < -0.3 is 9.88 Å². The van der Waals surface area contributed by atoms with Crippen molar-refractivity contribution in [3.63, 3.8) is 0 Å². The van der Waals surface area contributed by atoms with Crippen molar-refractivity contribution in [1.82, 2.24) is 19.3 Å². The molecule has 1 aromatic carbocycles. The molecule has 1 aliphatic heterocycles. The number of carbonyl (C=O) groups excluding carboxylic acids is 1. The van der Waals surface area contributed by atoms with Gasteiger partial charge >= 0.3 is 0 Å². The number of imidazole rings is 1. The molecule has 2 aromatic heterocycles. The van der Waals surface area contributed by atoms with Gasteiger partial charge in [-0.15, -0.1) is 0 Å². The van der Waals surface area contributed by atoms with Gasteiger partial charge in [0.05, 0.1) is 17.2 Å². The van der Waals surface area contributed by atoms with E-state index in [-0.39, 0.29) is 11.5 Å². The molecule has 0 unspecified atom stereocenters. The van der Waals surface area contributed by atoms with Crippen LogP contribution in [0.4, 0.5) is 0 Å². The molecule has 2 aliphatic rings. The van der Waals surface area contributed by atoms with Crippen molar-refractivity contribution < 1.29 is 4.79 Å². The Kier molecular flexibility index (Phi) is 4.41. The average Bonchev–Trinajstić information content (AvgIpc) is 3.21. The number of piperidine rings is 1. The fourth-order valence-corrected chi connectivity index (χ4v) is 4.85. The first-order chi connectivity index (χ1) is 13.7. The highest BCUT2D eigenvalue weighted by Gasteiger charge is 2.23. The van der Waals surface area contributed by atoms with Crippen molar-refractivity contribution in [2.24, 2.45) is 0 Å². The molecule has 6 nitrogen and oxygen atoms in total. The van der Waals surface area contributed by atoms with Crippen molar-refractivity contribution in [2.75, 3.05) is 13.1 Å². The molecule has 0 atom stereocenters. The number of hydrogen-bond donors (Lipinski definition) is 1. The number of fused-ring (bicyclic) bond motifs is 3. The fraction of sp³-hybridized carbons (Fsp3) is 0.500. The summed E-state index contributed by atoms with van der Waals surface area (Å²) in [6.45, 7) is 1.66. The van der Waals surface area contributed by atoms with Gasteiger partial charge in [0.25, 0.3) is 11.5 Å². The fourth-order valence-electron chi connectivity index (χ4n) is 4.85. The largest absolute Gasteiger partial charge is 0.339 e. The molecule has 1 amide bonds. The van der Waals surface area contributed by atoms with E-state index in [1.165, 1.54) is 25.7 Å². The monoisotopic (exact) mass is 378 g/mol. The van der Waals surface area contributed by atoms with Crippen LogP contribution in [0.15, 0.2) is 29.2 Å². The summed E-state index contributed by atoms with van der Waals surface area (Å²) in [7, 11) is 0. The van der Waals surface area contributed by atoms with E-state index in [9.17, 15) is 9.59 Å². The van der Waals surface area contributed by atoms with Crippen molar-refractivity contribution >= 4 is 22.5 Å². The summed E-state index contributed by atoms with van der Waals surface area (Å²) in [5, 5.41) is 0. The lowest BCUT2D eigenvalue weighted by molar-refractivity contribution is 0.0724. The summed E-state index contributed by atoms with van der Waals surface area (Å²) in [4.78, 5) is 35.1. The number of H-pyrrole nitrogens is 1. The lowest BCUT2D eigenvalue weighted by Gasteiger charge is -2.27. The normalized spacial score (nSPS) is 18.8. The first kappa shape index (κ1) is 17.5. The number of likely N-dealkylation sites (tertiary alicyclic amines) is 1. The quantitative estimate of drug-likeness (QED) is 0.736. The van der Waals surface area contributed by atoms with Crippen LogP contribution < -0.4 is 5.56 Å². The number of aromatic amines is 1. The highest BCUT2D eigenvalue weighted by molar-refractivity contribution is 5.97. The molecule has 5 rings (SSSR count). The molecule has 0 bridgehead atoms. The van der Waals surface area contributed by atoms with Gasteiger partial charge in [-0.05, 0) is 50.3 Å². The maximum Gasteiger partial charge on any atom is 0.274 e. The van der Waals surface area contributed by atoms with E-state index in [1.807, 2.05) is 27.5 Å². The first-order valence-electron chi connectivity index (χ1n) is 10.5. The summed E-state index contributed by atoms with van der Waals surface area (Å²) in [6, 6.07) is 5.62. The number of nitrogens with one attached hydrogen (secondary N) is 1. The Morgan fingerprint density at radius 3 is 2.54 bits per heavy atom. The number of aromatic nitrogens is 3. The van der Waals surface area contributed by atoms with Gasteiger partial charge in [0.15, 0.2) is 0 Å². The van der Waals surface area contributed by atoms with Crippen molar-refractivity contribution in [2.45, 2.75) is 57.3 Å². The predicted molar refractivity (Wildman–Crippen MR) is 109 cm³/mol. The third-order valence-electron chi connectivity index (χ3n) is 6.37. The molecule has 1 saturated heterocycles. The van der Waals surface area contributed by atoms with E-state index in [0.717, 1.165) is 55.6 Å². The molecule has 3 heterocycles. The van der Waals surface area contributed by atoms with Crippen LogP contribution in [0.5, 0.6) is 0 Å². The summed E-state index contributed by atoms with van der Waals surface area (Å²) in [5.74, 6) is 1.43. The Balaban J connectivity index is 1.65. The molecule has 1 N–H and O–H groups in total. The van der Waals surface area contributed by atoms with E-state index in [1.54, 1.807) is 6.20 Å². The van der Waals surface area contributed by atoms with E-state index in [2.05, 4.69) is 9.97 Å². The van der Waals surface area contributed by atoms with Gasteiger partial charge in [-0.1, -0.05) is 19.3 Å². The van der Waals surface area contributed by atoms with E-state index >= 15 is 0 Å². The minimum Gasteiger partial charge on any atom is -0.339 e. The highest BCUT2D eigenvalue weighted by Crippen LogP contribution is 2.33. The molecule has 0 radical (unpaired) electrons. The number of hydrogen-bond acceptors (Lipinski definition) is 3. The summed E-state index contributed by atoms with van der Waals surface area (Å²) >= 11 is 0. The Labute approximate surface area is 163 Å². The van der Waals surface area contributed by atoms with Crippen LogP contribution in [0.1, 0.15) is 73.5 Å². The minimum atomic E-state index is -0.128. The Hall–Kier alpha value is -2.63. The zero-order valence-electron chi connectivity index (χ0n) is 16.1. The second-order valence-electron chi connectivity index (χ2n) is 8.21. The first-order valence-corrected chi connectivity index (χ1v) is 10.5. The third kappa shape index (κ3) is 2.91. The Morgan fingerprint density at radius 1 is 1.00 bits per heavy atom. The second-order valence-corrected chi connectivity index (χ2v) is 8.21. The number of carbonyl (C=O) groups is 1. The molecule has 6 heteroatoms. The standard InChI is InChI=1S/C22H26N4O2/c27-21-19-14-23-20(15-7-3-1-4-8-15)26(19)18-13-16(9-10-17(18)24-21)22(28)25-11-5-2-6-12-25/h9-10,13-15H,1-8,11-12H2,(H,24,27). The lowest BCUT2D eigenvalue weighted by Crippen LogP contribution is -2.35. The van der Waals surface area contributed by atoms with Crippen LogP contribution in [-0.2, 0) is 0 Å². The van der Waals surface area contributed by atoms with Crippen LogP contribution in [0.3, 0.4) is 0 Å². The number of benzene rings is 1. The van der Waals surface area contributed by atoms with Crippen LogP contribution >= 0.6 is 0 Å². The van der Waals surface area contributed by atoms with Gasteiger partial charge in [-0.25, -0.2) is 4.98 Å². The van der Waals surface area contributed by atoms with Crippen LogP contribution in [0.25, 0.3) is 16.6 Å². The maximum atomic E-state index is 13.0. The minimum absolute atomic E-state index is 0.0836. The van der Waals surface area contributed by atoms with Crippen molar-refractivity contribution in [3.8, 4) is 0 Å². The van der Waals surface area contributed by atoms with Gasteiger partial charge in [0.1, 0.15) is 11.3 Å². The van der Waals surface area contributed by atoms with E-state index in [4.69, 9.17) is 0 Å². The molecule has 2 fully saturated rings. The van der Waals surface area contributed by atoms with Crippen LogP contribution in [-0.4, -0.2) is 38.3 Å². The molecule has 1 aliphatic carbocycles. The van der Waals surface area contributed by atoms with Crippen molar-refractivity contribution in [3.05, 3.63) is 46.1 Å². The number of amides is 1. The average molecular weight is 378 g/mol. The molecule has 1 saturated carbocycles. The zero-order chi connectivity index (χ0) is 19.1. The Bertz CT molecular complexity index is 1090. The predicted octanol–water partition coefficient (Wildman–Crippen LogP) is 3.85. The molecule has 3 aromatic rings. The molecule has 28 heavy (non-hydrogen) atoms. The zero-order valence-corrected chi connectivity index (χ0v) is 16.1. The van der Waals surface area contributed by atoms with Crippen molar-refractivity contribution in [1.29, 1.82) is 0 Å². The molecular weight excluding hydrogens is 352 g/mol. The van der Waals surface area contributed by atoms with Gasteiger partial charge in [0.2, 0.25) is 0 Å². The topological polar surface area (TPSA) is 70.5 Å².